The van der Waals surface area contributed by atoms with Crippen molar-refractivity contribution >= 4 is 33.7 Å². The van der Waals surface area contributed by atoms with Gasteiger partial charge in [0.1, 0.15) is 0 Å². The molecule has 3 amide bonds. The second-order valence-electron chi connectivity index (χ2n) is 5.90. The summed E-state index contributed by atoms with van der Waals surface area (Å²) in [5, 5.41) is 0.881. The Bertz CT molecular complexity index is 678. The van der Waals surface area contributed by atoms with Gasteiger partial charge in [-0.05, 0) is 52.7 Å². The van der Waals surface area contributed by atoms with Crippen molar-refractivity contribution < 1.29 is 18.8 Å². The Hall–Kier alpha value is -1.89. The number of amides is 3. The summed E-state index contributed by atoms with van der Waals surface area (Å²) >= 11 is 3.11. The third kappa shape index (κ3) is 1.88. The van der Waals surface area contributed by atoms with E-state index in [4.69, 9.17) is 4.42 Å². The molecular formula is C15H13BrN2O4. The maximum atomic E-state index is 12.5. The SMILES string of the molecule is O=C(NN1C(=O)[C@@H]2[C@H](C1=O)[C@H]1C=C[C@H]2CC1)c1ccc(Br)o1. The van der Waals surface area contributed by atoms with Crippen LogP contribution in [0.15, 0.2) is 33.4 Å². The smallest absolute Gasteiger partial charge is 0.306 e. The number of hydrazine groups is 1. The van der Waals surface area contributed by atoms with Gasteiger partial charge in [-0.3, -0.25) is 19.8 Å². The molecule has 0 spiro atoms. The number of halogens is 1. The number of hydrogen-bond donors (Lipinski definition) is 1. The van der Waals surface area contributed by atoms with Crippen LogP contribution in [0.4, 0.5) is 0 Å². The molecule has 1 saturated heterocycles. The van der Waals surface area contributed by atoms with Gasteiger partial charge >= 0.3 is 5.91 Å². The van der Waals surface area contributed by atoms with Gasteiger partial charge in [0.25, 0.3) is 11.8 Å². The lowest BCUT2D eigenvalue weighted by Crippen LogP contribution is -2.46. The van der Waals surface area contributed by atoms with Gasteiger partial charge < -0.3 is 4.42 Å². The first-order chi connectivity index (χ1) is 10.6. The summed E-state index contributed by atoms with van der Waals surface area (Å²) < 4.78 is 5.55. The number of hydrogen-bond acceptors (Lipinski definition) is 4. The lowest BCUT2D eigenvalue weighted by atomic mass is 9.63. The fourth-order valence-electron chi connectivity index (χ4n) is 3.78. The molecule has 6 nitrogen and oxygen atoms in total. The Morgan fingerprint density at radius 2 is 1.73 bits per heavy atom. The van der Waals surface area contributed by atoms with Crippen molar-refractivity contribution in [2.24, 2.45) is 23.7 Å². The highest BCUT2D eigenvalue weighted by atomic mass is 79.9. The van der Waals surface area contributed by atoms with Crippen molar-refractivity contribution in [3.05, 3.63) is 34.7 Å². The van der Waals surface area contributed by atoms with Crippen molar-refractivity contribution in [3.63, 3.8) is 0 Å². The van der Waals surface area contributed by atoms with Crippen LogP contribution >= 0.6 is 15.9 Å². The largest absolute Gasteiger partial charge is 0.444 e. The summed E-state index contributed by atoms with van der Waals surface area (Å²) in [4.78, 5) is 37.2. The Morgan fingerprint density at radius 1 is 1.14 bits per heavy atom. The zero-order chi connectivity index (χ0) is 15.4. The molecule has 3 aliphatic carbocycles. The van der Waals surface area contributed by atoms with Crippen LogP contribution in [0, 0.1) is 23.7 Å². The van der Waals surface area contributed by atoms with E-state index in [1.807, 2.05) is 12.2 Å². The number of carbonyl (C=O) groups is 3. The molecule has 4 aliphatic rings. The first kappa shape index (κ1) is 13.8. The first-order valence-corrected chi connectivity index (χ1v) is 7.98. The monoisotopic (exact) mass is 364 g/mol. The topological polar surface area (TPSA) is 79.6 Å². The number of rotatable bonds is 2. The van der Waals surface area contributed by atoms with Crippen LogP contribution in [0.5, 0.6) is 0 Å². The van der Waals surface area contributed by atoms with E-state index in [9.17, 15) is 14.4 Å². The average molecular weight is 365 g/mol. The highest BCUT2D eigenvalue weighted by molar-refractivity contribution is 9.10. The number of furan rings is 1. The quantitative estimate of drug-likeness (QED) is 0.641. The third-order valence-corrected chi connectivity index (χ3v) is 5.20. The van der Waals surface area contributed by atoms with E-state index in [-0.39, 0.29) is 41.2 Å². The van der Waals surface area contributed by atoms with Gasteiger partial charge in [0.05, 0.1) is 11.8 Å². The first-order valence-electron chi connectivity index (χ1n) is 7.18. The van der Waals surface area contributed by atoms with E-state index >= 15 is 0 Å². The second-order valence-corrected chi connectivity index (χ2v) is 6.68. The van der Waals surface area contributed by atoms with Crippen molar-refractivity contribution in [1.29, 1.82) is 0 Å². The van der Waals surface area contributed by atoms with Gasteiger partial charge in [0.15, 0.2) is 10.4 Å². The maximum Gasteiger partial charge on any atom is 0.306 e. The summed E-state index contributed by atoms with van der Waals surface area (Å²) in [6.07, 6.45) is 5.92. The number of nitrogens with one attached hydrogen (secondary N) is 1. The van der Waals surface area contributed by atoms with Gasteiger partial charge in [0, 0.05) is 0 Å². The van der Waals surface area contributed by atoms with Crippen LogP contribution in [0.1, 0.15) is 23.4 Å². The average Bonchev–Trinajstić information content (AvgIpc) is 3.07. The molecule has 1 aromatic rings. The summed E-state index contributed by atoms with van der Waals surface area (Å²) in [5.74, 6) is -1.65. The molecule has 0 radical (unpaired) electrons. The third-order valence-electron chi connectivity index (χ3n) is 4.77. The summed E-state index contributed by atoms with van der Waals surface area (Å²) in [7, 11) is 0. The Balaban J connectivity index is 1.58. The zero-order valence-electron chi connectivity index (χ0n) is 11.5. The molecule has 1 aliphatic heterocycles. The predicted molar refractivity (Wildman–Crippen MR) is 78.1 cm³/mol. The van der Waals surface area contributed by atoms with Crippen molar-refractivity contribution in [2.45, 2.75) is 12.8 Å². The minimum atomic E-state index is -0.605. The van der Waals surface area contributed by atoms with E-state index in [0.717, 1.165) is 17.9 Å². The molecule has 1 aromatic heterocycles. The predicted octanol–water partition coefficient (Wildman–Crippen LogP) is 1.88. The van der Waals surface area contributed by atoms with Crippen LogP contribution in [0.25, 0.3) is 0 Å². The standard InChI is InChI=1S/C15H13BrN2O4/c16-10-6-5-9(22-10)13(19)17-18-14(20)11-7-1-2-8(4-3-7)12(11)15(18)21/h1-2,5-8,11-12H,3-4H2,(H,17,19)/t7-,8-,11-,12+/m0/s1. The highest BCUT2D eigenvalue weighted by Gasteiger charge is 2.57. The van der Waals surface area contributed by atoms with E-state index in [1.165, 1.54) is 6.07 Å². The van der Waals surface area contributed by atoms with Gasteiger partial charge in [0.2, 0.25) is 0 Å². The molecule has 2 bridgehead atoms. The number of carbonyl (C=O) groups excluding carboxylic acids is 3. The number of imide groups is 1. The Morgan fingerprint density at radius 3 is 2.18 bits per heavy atom. The van der Waals surface area contributed by atoms with Crippen molar-refractivity contribution in [1.82, 2.24) is 10.4 Å². The van der Waals surface area contributed by atoms with E-state index in [0.29, 0.717) is 4.67 Å². The molecule has 2 heterocycles. The highest BCUT2D eigenvalue weighted by Crippen LogP contribution is 2.49. The van der Waals surface area contributed by atoms with Crippen molar-refractivity contribution in [3.8, 4) is 0 Å². The fourth-order valence-corrected chi connectivity index (χ4v) is 4.08. The van der Waals surface area contributed by atoms with Gasteiger partial charge in [-0.2, -0.15) is 5.01 Å². The molecule has 7 heteroatoms. The van der Waals surface area contributed by atoms with E-state index < -0.39 is 5.91 Å². The van der Waals surface area contributed by atoms with Gasteiger partial charge in [-0.1, -0.05) is 12.2 Å². The maximum absolute atomic E-state index is 12.5. The normalized spacial score (nSPS) is 32.5. The molecule has 0 unspecified atom stereocenters. The van der Waals surface area contributed by atoms with E-state index in [1.54, 1.807) is 6.07 Å². The summed E-state index contributed by atoms with van der Waals surface area (Å²) in [6, 6.07) is 3.05. The van der Waals surface area contributed by atoms with Crippen LogP contribution in [-0.4, -0.2) is 22.7 Å². The zero-order valence-corrected chi connectivity index (χ0v) is 13.1. The molecule has 0 aromatic carbocycles. The van der Waals surface area contributed by atoms with Crippen LogP contribution in [-0.2, 0) is 9.59 Å². The summed E-state index contributed by atoms with van der Waals surface area (Å²) in [6.45, 7) is 0. The minimum Gasteiger partial charge on any atom is -0.444 e. The van der Waals surface area contributed by atoms with Crippen LogP contribution in [0.3, 0.4) is 0 Å². The number of nitrogens with zero attached hydrogens (tertiary/aromatic N) is 1. The molecule has 22 heavy (non-hydrogen) atoms. The van der Waals surface area contributed by atoms with Gasteiger partial charge in [-0.25, -0.2) is 0 Å². The van der Waals surface area contributed by atoms with Crippen LogP contribution in [0.2, 0.25) is 0 Å². The van der Waals surface area contributed by atoms with Crippen molar-refractivity contribution in [2.75, 3.05) is 0 Å². The Labute approximate surface area is 134 Å². The minimum absolute atomic E-state index is 0.0449. The molecule has 4 atom stereocenters. The lowest BCUT2D eigenvalue weighted by Gasteiger charge is -2.37. The van der Waals surface area contributed by atoms with Crippen LogP contribution < -0.4 is 5.43 Å². The molecule has 1 N–H and O–H groups in total. The lowest BCUT2D eigenvalue weighted by molar-refractivity contribution is -0.143. The Kier molecular flexibility index (Phi) is 3.00. The fraction of sp³-hybridized carbons (Fsp3) is 0.400. The molecule has 2 fully saturated rings. The molecule has 114 valence electrons. The van der Waals surface area contributed by atoms with Gasteiger partial charge in [-0.15, -0.1) is 0 Å². The number of allylic oxidation sites excluding steroid dienone is 2. The molecule has 5 rings (SSSR count). The molecule has 1 saturated carbocycles. The van der Waals surface area contributed by atoms with E-state index in [2.05, 4.69) is 21.4 Å². The number of fused-ring (bicyclic) bond motifs is 1. The molecular weight excluding hydrogens is 352 g/mol. The second kappa shape index (κ2) is 4.81. The summed E-state index contributed by atoms with van der Waals surface area (Å²) in [5.41, 5.74) is 2.39.